The molecule has 2 rings (SSSR count). The summed E-state index contributed by atoms with van der Waals surface area (Å²) >= 11 is 0. The smallest absolute Gasteiger partial charge is 0.188 e. The fraction of sp³-hybridized carbons (Fsp3) is 0.714. The van der Waals surface area contributed by atoms with E-state index in [1.807, 2.05) is 11.6 Å². The fourth-order valence-electron chi connectivity index (χ4n) is 2.31. The molecule has 1 heterocycles. The molecule has 114 valence electrons. The lowest BCUT2D eigenvalue weighted by Crippen LogP contribution is -2.33. The first-order valence-electron chi connectivity index (χ1n) is 7.20. The molecule has 6 heteroatoms. The predicted octanol–water partition coefficient (Wildman–Crippen LogP) is 2.21. The van der Waals surface area contributed by atoms with Crippen molar-refractivity contribution in [2.45, 2.75) is 46.1 Å². The number of guanidine groups is 1. The molecule has 3 N–H and O–H groups in total. The molecule has 0 aromatic carbocycles. The van der Waals surface area contributed by atoms with Gasteiger partial charge in [0.05, 0.1) is 5.69 Å². The first-order chi connectivity index (χ1) is 9.15. The molecule has 1 fully saturated rings. The molecule has 1 aliphatic carbocycles. The topological polar surface area (TPSA) is 68.2 Å². The third kappa shape index (κ3) is 5.30. The lowest BCUT2D eigenvalue weighted by Gasteiger charge is -2.23. The van der Waals surface area contributed by atoms with Crippen LogP contribution in [0.25, 0.3) is 0 Å². The second-order valence-electron chi connectivity index (χ2n) is 5.45. The highest BCUT2D eigenvalue weighted by Gasteiger charge is 2.16. The fourth-order valence-corrected chi connectivity index (χ4v) is 2.31. The van der Waals surface area contributed by atoms with Gasteiger partial charge in [-0.1, -0.05) is 6.42 Å². The lowest BCUT2D eigenvalue weighted by atomic mass is 9.86. The molecular weight excluding hydrogens is 365 g/mol. The van der Waals surface area contributed by atoms with Crippen molar-refractivity contribution < 1.29 is 0 Å². The molecule has 0 amide bonds. The van der Waals surface area contributed by atoms with E-state index in [1.54, 1.807) is 0 Å². The van der Waals surface area contributed by atoms with Crippen LogP contribution in [0.2, 0.25) is 0 Å². The van der Waals surface area contributed by atoms with Crippen molar-refractivity contribution in [1.82, 2.24) is 15.1 Å². The zero-order chi connectivity index (χ0) is 13.7. The number of nitrogens with zero attached hydrogens (tertiary/aromatic N) is 3. The Balaban J connectivity index is 0.00000200. The second-order valence-corrected chi connectivity index (χ2v) is 5.45. The van der Waals surface area contributed by atoms with Crippen molar-refractivity contribution in [3.05, 3.63) is 17.5 Å². The van der Waals surface area contributed by atoms with Gasteiger partial charge in [-0.25, -0.2) is 0 Å². The van der Waals surface area contributed by atoms with E-state index < -0.39 is 0 Å². The Kier molecular flexibility index (Phi) is 7.32. The van der Waals surface area contributed by atoms with Gasteiger partial charge in [-0.15, -0.1) is 24.0 Å². The Morgan fingerprint density at radius 2 is 2.25 bits per heavy atom. The summed E-state index contributed by atoms with van der Waals surface area (Å²) in [6.07, 6.45) is 4.99. The van der Waals surface area contributed by atoms with Gasteiger partial charge in [0.1, 0.15) is 0 Å². The average molecular weight is 391 g/mol. The van der Waals surface area contributed by atoms with E-state index in [-0.39, 0.29) is 24.0 Å². The average Bonchev–Trinajstić information content (AvgIpc) is 2.61. The first-order valence-corrected chi connectivity index (χ1v) is 7.20. The van der Waals surface area contributed by atoms with Gasteiger partial charge in [0.2, 0.25) is 0 Å². The van der Waals surface area contributed by atoms with E-state index in [0.29, 0.717) is 5.96 Å². The molecule has 20 heavy (non-hydrogen) atoms. The number of halogens is 1. The summed E-state index contributed by atoms with van der Waals surface area (Å²) in [6, 6.07) is 2.10. The molecule has 1 aromatic rings. The standard InChI is InChI=1S/C14H25N5.HI/c1-11-9-12(2)19(18-11)8-4-7-16-14(15)17-10-13-5-3-6-13;/h9,13H,3-8,10H2,1-2H3,(H3,15,16,17);1H. The van der Waals surface area contributed by atoms with Crippen molar-refractivity contribution in [2.75, 3.05) is 13.1 Å². The van der Waals surface area contributed by atoms with Crippen molar-refractivity contribution in [2.24, 2.45) is 16.6 Å². The maximum Gasteiger partial charge on any atom is 0.188 e. The summed E-state index contributed by atoms with van der Waals surface area (Å²) in [5.41, 5.74) is 8.12. The number of aliphatic imine (C=N–C) groups is 1. The van der Waals surface area contributed by atoms with Gasteiger partial charge >= 0.3 is 0 Å². The van der Waals surface area contributed by atoms with E-state index >= 15 is 0 Å². The SMILES string of the molecule is Cc1cc(C)n(CCCNC(N)=NCC2CCC2)n1.I. The highest BCUT2D eigenvalue weighted by atomic mass is 127. The maximum absolute atomic E-state index is 5.83. The molecule has 0 unspecified atom stereocenters. The van der Waals surface area contributed by atoms with Crippen molar-refractivity contribution in [3.8, 4) is 0 Å². The van der Waals surface area contributed by atoms with E-state index in [2.05, 4.69) is 28.4 Å². The Bertz CT molecular complexity index is 437. The summed E-state index contributed by atoms with van der Waals surface area (Å²) in [4.78, 5) is 4.37. The summed E-state index contributed by atoms with van der Waals surface area (Å²) in [5.74, 6) is 1.36. The van der Waals surface area contributed by atoms with E-state index in [1.165, 1.54) is 25.0 Å². The zero-order valence-corrected chi connectivity index (χ0v) is 14.8. The van der Waals surface area contributed by atoms with E-state index in [0.717, 1.165) is 37.7 Å². The minimum Gasteiger partial charge on any atom is -0.370 e. The van der Waals surface area contributed by atoms with Crippen LogP contribution in [-0.4, -0.2) is 28.8 Å². The predicted molar refractivity (Wildman–Crippen MR) is 93.6 cm³/mol. The molecule has 0 aliphatic heterocycles. The number of hydrogen-bond donors (Lipinski definition) is 2. The van der Waals surface area contributed by atoms with Gasteiger partial charge in [-0.05, 0) is 45.1 Å². The van der Waals surface area contributed by atoms with Crippen LogP contribution >= 0.6 is 24.0 Å². The number of aryl methyl sites for hydroxylation is 3. The van der Waals surface area contributed by atoms with Crippen LogP contribution in [0.3, 0.4) is 0 Å². The monoisotopic (exact) mass is 391 g/mol. The summed E-state index contributed by atoms with van der Waals surface area (Å²) in [6.45, 7) is 6.76. The largest absolute Gasteiger partial charge is 0.370 e. The van der Waals surface area contributed by atoms with Crippen LogP contribution < -0.4 is 11.1 Å². The van der Waals surface area contributed by atoms with Gasteiger partial charge < -0.3 is 11.1 Å². The molecule has 0 bridgehead atoms. The van der Waals surface area contributed by atoms with Crippen molar-refractivity contribution in [3.63, 3.8) is 0 Å². The number of nitrogens with two attached hydrogens (primary N) is 1. The molecule has 1 saturated carbocycles. The van der Waals surface area contributed by atoms with Crippen LogP contribution in [0.15, 0.2) is 11.1 Å². The quantitative estimate of drug-likeness (QED) is 0.338. The maximum atomic E-state index is 5.83. The van der Waals surface area contributed by atoms with Crippen LogP contribution in [0.4, 0.5) is 0 Å². The summed E-state index contributed by atoms with van der Waals surface area (Å²) in [7, 11) is 0. The zero-order valence-electron chi connectivity index (χ0n) is 12.4. The second kappa shape index (κ2) is 8.49. The van der Waals surface area contributed by atoms with Gasteiger partial charge in [-0.2, -0.15) is 5.10 Å². The van der Waals surface area contributed by atoms with E-state index in [4.69, 9.17) is 5.73 Å². The number of aromatic nitrogens is 2. The van der Waals surface area contributed by atoms with Crippen molar-refractivity contribution >= 4 is 29.9 Å². The molecule has 0 saturated heterocycles. The van der Waals surface area contributed by atoms with Crippen LogP contribution in [0.5, 0.6) is 0 Å². The Morgan fingerprint density at radius 1 is 1.50 bits per heavy atom. The Morgan fingerprint density at radius 3 is 2.80 bits per heavy atom. The molecule has 0 spiro atoms. The Hall–Kier alpha value is -0.790. The van der Waals surface area contributed by atoms with Crippen LogP contribution in [0, 0.1) is 19.8 Å². The van der Waals surface area contributed by atoms with Crippen LogP contribution in [-0.2, 0) is 6.54 Å². The minimum atomic E-state index is 0. The first kappa shape index (κ1) is 17.3. The van der Waals surface area contributed by atoms with E-state index in [9.17, 15) is 0 Å². The molecule has 1 aromatic heterocycles. The Labute approximate surface area is 138 Å². The normalized spacial score (nSPS) is 15.6. The van der Waals surface area contributed by atoms with Gasteiger partial charge in [0.25, 0.3) is 0 Å². The molecule has 0 radical (unpaired) electrons. The third-order valence-electron chi connectivity index (χ3n) is 3.70. The number of rotatable bonds is 6. The van der Waals surface area contributed by atoms with Gasteiger partial charge in [-0.3, -0.25) is 9.67 Å². The summed E-state index contributed by atoms with van der Waals surface area (Å²) in [5, 5.41) is 7.60. The highest BCUT2D eigenvalue weighted by Crippen LogP contribution is 2.26. The summed E-state index contributed by atoms with van der Waals surface area (Å²) < 4.78 is 2.04. The molecule has 5 nitrogen and oxygen atoms in total. The number of hydrogen-bond acceptors (Lipinski definition) is 2. The lowest BCUT2D eigenvalue weighted by molar-refractivity contribution is 0.326. The highest BCUT2D eigenvalue weighted by molar-refractivity contribution is 14.0. The van der Waals surface area contributed by atoms with Crippen LogP contribution in [0.1, 0.15) is 37.1 Å². The van der Waals surface area contributed by atoms with Gasteiger partial charge in [0.15, 0.2) is 5.96 Å². The van der Waals surface area contributed by atoms with Gasteiger partial charge in [0, 0.05) is 25.3 Å². The molecule has 1 aliphatic rings. The minimum absolute atomic E-state index is 0. The molecule has 0 atom stereocenters. The number of nitrogens with one attached hydrogen (secondary N) is 1. The third-order valence-corrected chi connectivity index (χ3v) is 3.70. The van der Waals surface area contributed by atoms with Crippen molar-refractivity contribution in [1.29, 1.82) is 0 Å². The molecular formula is C14H26IN5.